The zero-order valence-corrected chi connectivity index (χ0v) is 11.6. The second kappa shape index (κ2) is 5.72. The molecule has 0 aliphatic rings. The lowest BCUT2D eigenvalue weighted by atomic mass is 10.2. The first-order chi connectivity index (χ1) is 9.13. The van der Waals surface area contributed by atoms with E-state index in [2.05, 4.69) is 15.9 Å². The van der Waals surface area contributed by atoms with Gasteiger partial charge in [0, 0.05) is 6.07 Å². The molecule has 2 rings (SSSR count). The highest BCUT2D eigenvalue weighted by Crippen LogP contribution is 2.35. The van der Waals surface area contributed by atoms with Crippen LogP contribution in [0.5, 0.6) is 17.2 Å². The Kier molecular flexibility index (Phi) is 4.03. The lowest BCUT2D eigenvalue weighted by molar-refractivity contribution is 0.381. The molecule has 0 spiro atoms. The Morgan fingerprint density at radius 3 is 2.42 bits per heavy atom. The first-order valence-electron chi connectivity index (χ1n) is 5.35. The molecule has 5 heteroatoms. The molecule has 0 aliphatic carbocycles. The summed E-state index contributed by atoms with van der Waals surface area (Å²) in [6.07, 6.45) is 0. The average Bonchev–Trinajstić information content (AvgIpc) is 2.42. The highest BCUT2D eigenvalue weighted by Gasteiger charge is 2.10. The summed E-state index contributed by atoms with van der Waals surface area (Å²) in [4.78, 5) is 0. The van der Waals surface area contributed by atoms with Gasteiger partial charge < -0.3 is 9.47 Å². The van der Waals surface area contributed by atoms with Gasteiger partial charge in [-0.3, -0.25) is 0 Å². The molecule has 0 aliphatic heterocycles. The molecule has 3 nitrogen and oxygen atoms in total. The molecule has 19 heavy (non-hydrogen) atoms. The van der Waals surface area contributed by atoms with Crippen LogP contribution >= 0.6 is 15.9 Å². The summed E-state index contributed by atoms with van der Waals surface area (Å²) in [6.45, 7) is 0. The Balaban J connectivity index is 2.29. The second-order valence-corrected chi connectivity index (χ2v) is 4.51. The van der Waals surface area contributed by atoms with Gasteiger partial charge >= 0.3 is 0 Å². The van der Waals surface area contributed by atoms with Crippen molar-refractivity contribution in [3.63, 3.8) is 0 Å². The van der Waals surface area contributed by atoms with E-state index in [0.29, 0.717) is 21.5 Å². The fraction of sp³-hybridized carbons (Fsp3) is 0.0714. The molecule has 0 bridgehead atoms. The Hall–Kier alpha value is -2.06. The maximum atomic E-state index is 13.4. The van der Waals surface area contributed by atoms with E-state index in [-0.39, 0.29) is 5.75 Å². The van der Waals surface area contributed by atoms with Gasteiger partial charge in [0.1, 0.15) is 11.5 Å². The third-order valence-corrected chi connectivity index (χ3v) is 3.04. The van der Waals surface area contributed by atoms with Crippen LogP contribution in [0.1, 0.15) is 5.56 Å². The van der Waals surface area contributed by atoms with Gasteiger partial charge in [-0.25, -0.2) is 4.39 Å². The summed E-state index contributed by atoms with van der Waals surface area (Å²) in [5.41, 5.74) is 0.545. The summed E-state index contributed by atoms with van der Waals surface area (Å²) < 4.78 is 24.4. The third kappa shape index (κ3) is 3.04. The molecule has 0 N–H and O–H groups in total. The van der Waals surface area contributed by atoms with E-state index in [1.807, 2.05) is 6.07 Å². The first-order valence-corrected chi connectivity index (χ1v) is 6.14. The van der Waals surface area contributed by atoms with Gasteiger partial charge in [0.15, 0.2) is 11.6 Å². The van der Waals surface area contributed by atoms with Crippen LogP contribution in [0.15, 0.2) is 40.9 Å². The fourth-order valence-electron chi connectivity index (χ4n) is 1.47. The molecule has 0 aromatic heterocycles. The van der Waals surface area contributed by atoms with Gasteiger partial charge in [-0.1, -0.05) is 0 Å². The predicted molar refractivity (Wildman–Crippen MR) is 71.9 cm³/mol. The van der Waals surface area contributed by atoms with Crippen molar-refractivity contribution in [1.29, 1.82) is 5.26 Å². The molecule has 0 fully saturated rings. The quantitative estimate of drug-likeness (QED) is 0.848. The van der Waals surface area contributed by atoms with E-state index < -0.39 is 5.82 Å². The van der Waals surface area contributed by atoms with Crippen molar-refractivity contribution in [3.05, 3.63) is 52.3 Å². The molecular formula is C14H9BrFNO2. The zero-order chi connectivity index (χ0) is 13.8. The molecule has 96 valence electrons. The summed E-state index contributed by atoms with van der Waals surface area (Å²) in [5.74, 6) is 0.615. The zero-order valence-electron chi connectivity index (χ0n) is 9.98. The van der Waals surface area contributed by atoms with Crippen LogP contribution in [0, 0.1) is 17.1 Å². The minimum atomic E-state index is -0.471. The van der Waals surface area contributed by atoms with Crippen molar-refractivity contribution in [2.24, 2.45) is 0 Å². The Labute approximate surface area is 118 Å². The van der Waals surface area contributed by atoms with Gasteiger partial charge in [-0.15, -0.1) is 0 Å². The first kappa shape index (κ1) is 13.4. The van der Waals surface area contributed by atoms with Crippen molar-refractivity contribution < 1.29 is 13.9 Å². The molecular weight excluding hydrogens is 313 g/mol. The summed E-state index contributed by atoms with van der Waals surface area (Å²) >= 11 is 3.22. The summed E-state index contributed by atoms with van der Waals surface area (Å²) in [5, 5.41) is 8.70. The molecule has 0 heterocycles. The minimum Gasteiger partial charge on any atom is -0.494 e. The van der Waals surface area contributed by atoms with Crippen LogP contribution in [0.4, 0.5) is 4.39 Å². The van der Waals surface area contributed by atoms with Gasteiger partial charge in [-0.05, 0) is 46.3 Å². The number of halogens is 2. The van der Waals surface area contributed by atoms with E-state index >= 15 is 0 Å². The van der Waals surface area contributed by atoms with Crippen LogP contribution in [0.2, 0.25) is 0 Å². The van der Waals surface area contributed by atoms with Crippen molar-refractivity contribution in [1.82, 2.24) is 0 Å². The van der Waals surface area contributed by atoms with Crippen molar-refractivity contribution in [3.8, 4) is 23.3 Å². The van der Waals surface area contributed by atoms with Crippen LogP contribution in [0.3, 0.4) is 0 Å². The largest absolute Gasteiger partial charge is 0.494 e. The predicted octanol–water partition coefficient (Wildman–Crippen LogP) is 4.26. The van der Waals surface area contributed by atoms with Crippen molar-refractivity contribution >= 4 is 15.9 Å². The Bertz CT molecular complexity index is 635. The fourth-order valence-corrected chi connectivity index (χ4v) is 1.87. The number of benzene rings is 2. The highest BCUT2D eigenvalue weighted by molar-refractivity contribution is 9.10. The van der Waals surface area contributed by atoms with E-state index in [9.17, 15) is 4.39 Å². The molecule has 0 saturated carbocycles. The van der Waals surface area contributed by atoms with E-state index in [1.54, 1.807) is 24.3 Å². The summed E-state index contributed by atoms with van der Waals surface area (Å²) in [7, 11) is 1.39. The maximum absolute atomic E-state index is 13.4. The number of nitrogens with zero attached hydrogens (tertiary/aromatic N) is 1. The van der Waals surface area contributed by atoms with Crippen LogP contribution in [-0.2, 0) is 0 Å². The van der Waals surface area contributed by atoms with E-state index in [1.165, 1.54) is 19.2 Å². The van der Waals surface area contributed by atoms with E-state index in [0.717, 1.165) is 0 Å². The second-order valence-electron chi connectivity index (χ2n) is 3.66. The molecule has 0 amide bonds. The molecule has 0 unspecified atom stereocenters. The van der Waals surface area contributed by atoms with Crippen molar-refractivity contribution in [2.45, 2.75) is 0 Å². The van der Waals surface area contributed by atoms with Crippen LogP contribution in [0.25, 0.3) is 0 Å². The lowest BCUT2D eigenvalue weighted by Crippen LogP contribution is -1.92. The van der Waals surface area contributed by atoms with Crippen LogP contribution < -0.4 is 9.47 Å². The van der Waals surface area contributed by atoms with Gasteiger partial charge in [0.2, 0.25) is 0 Å². The smallest absolute Gasteiger partial charge is 0.166 e. The number of methoxy groups -OCH3 is 1. The lowest BCUT2D eigenvalue weighted by Gasteiger charge is -2.10. The average molecular weight is 322 g/mol. The number of nitriles is 1. The monoisotopic (exact) mass is 321 g/mol. The highest BCUT2D eigenvalue weighted by atomic mass is 79.9. The maximum Gasteiger partial charge on any atom is 0.166 e. The van der Waals surface area contributed by atoms with Gasteiger partial charge in [0.25, 0.3) is 0 Å². The third-order valence-electron chi connectivity index (χ3n) is 2.42. The normalized spacial score (nSPS) is 9.79. The summed E-state index contributed by atoms with van der Waals surface area (Å²) in [6, 6.07) is 11.4. The molecule has 0 atom stereocenters. The standard InChI is InChI=1S/C14H9BrFNO2/c1-18-14-7-13(11(15)6-12(14)16)19-10-4-2-9(8-17)3-5-10/h2-7H,1H3. The number of ether oxygens (including phenoxy) is 2. The SMILES string of the molecule is COc1cc(Oc2ccc(C#N)cc2)c(Br)cc1F. The van der Waals surface area contributed by atoms with E-state index in [4.69, 9.17) is 14.7 Å². The Morgan fingerprint density at radius 2 is 1.84 bits per heavy atom. The van der Waals surface area contributed by atoms with Gasteiger partial charge in [-0.2, -0.15) is 5.26 Å². The Morgan fingerprint density at radius 1 is 1.16 bits per heavy atom. The van der Waals surface area contributed by atoms with Gasteiger partial charge in [0.05, 0.1) is 23.2 Å². The number of hydrogen-bond donors (Lipinski definition) is 0. The molecule has 0 radical (unpaired) electrons. The molecule has 2 aromatic carbocycles. The van der Waals surface area contributed by atoms with Crippen molar-refractivity contribution in [2.75, 3.05) is 7.11 Å². The molecule has 2 aromatic rings. The topological polar surface area (TPSA) is 42.2 Å². The molecule has 0 saturated heterocycles. The number of rotatable bonds is 3. The number of hydrogen-bond acceptors (Lipinski definition) is 3. The van der Waals surface area contributed by atoms with Crippen LogP contribution in [-0.4, -0.2) is 7.11 Å². The minimum absolute atomic E-state index is 0.104.